The number of rotatable bonds is 3. The monoisotopic (exact) mass is 256 g/mol. The highest BCUT2D eigenvalue weighted by Gasteiger charge is 2.13. The van der Waals surface area contributed by atoms with E-state index < -0.39 is 5.97 Å². The van der Waals surface area contributed by atoms with E-state index in [1.807, 2.05) is 0 Å². The lowest BCUT2D eigenvalue weighted by Crippen LogP contribution is -2.09. The number of hydrogen-bond donors (Lipinski definition) is 0. The summed E-state index contributed by atoms with van der Waals surface area (Å²) in [6.45, 7) is 0. The Hall–Kier alpha value is -1.16. The van der Waals surface area contributed by atoms with E-state index in [0.29, 0.717) is 10.0 Å². The molecule has 0 unspecified atom stereocenters. The summed E-state index contributed by atoms with van der Waals surface area (Å²) in [6.07, 6.45) is -0.223. The molecule has 0 amide bonds. The largest absolute Gasteiger partial charge is 0.469 e. The topological polar surface area (TPSA) is 43.4 Å². The van der Waals surface area contributed by atoms with Crippen molar-refractivity contribution in [3.05, 3.63) is 34.3 Å². The van der Waals surface area contributed by atoms with Crippen LogP contribution in [-0.2, 0) is 9.53 Å². The van der Waals surface area contributed by atoms with E-state index in [2.05, 4.69) is 20.7 Å². The molecule has 1 aromatic rings. The molecular formula is C10H9BrO3. The van der Waals surface area contributed by atoms with Gasteiger partial charge in [-0.1, -0.05) is 34.1 Å². The highest BCUT2D eigenvalue weighted by atomic mass is 79.9. The van der Waals surface area contributed by atoms with Crippen molar-refractivity contribution in [3.8, 4) is 0 Å². The number of esters is 1. The maximum absolute atomic E-state index is 11.5. The predicted octanol–water partition coefficient (Wildman–Crippen LogP) is 2.19. The molecule has 1 rings (SSSR count). The minimum atomic E-state index is -0.522. The van der Waals surface area contributed by atoms with Crippen molar-refractivity contribution < 1.29 is 14.3 Å². The number of carbonyl (C=O) groups excluding carboxylic acids is 2. The maximum atomic E-state index is 11.5. The van der Waals surface area contributed by atoms with Gasteiger partial charge in [0.1, 0.15) is 6.42 Å². The van der Waals surface area contributed by atoms with E-state index in [1.165, 1.54) is 7.11 Å². The highest BCUT2D eigenvalue weighted by Crippen LogP contribution is 2.17. The predicted molar refractivity (Wildman–Crippen MR) is 55.1 cm³/mol. The smallest absolute Gasteiger partial charge is 0.313 e. The van der Waals surface area contributed by atoms with Crippen LogP contribution in [0.4, 0.5) is 0 Å². The fourth-order valence-corrected chi connectivity index (χ4v) is 1.49. The number of Topliss-reactive ketones (excluding diaryl/α,β-unsaturated/α-hetero) is 1. The second-order valence-corrected chi connectivity index (χ2v) is 3.51. The molecular weight excluding hydrogens is 248 g/mol. The molecule has 74 valence electrons. The molecule has 0 aromatic heterocycles. The average Bonchev–Trinajstić information content (AvgIpc) is 2.18. The van der Waals surface area contributed by atoms with Crippen LogP contribution >= 0.6 is 15.9 Å². The van der Waals surface area contributed by atoms with Crippen molar-refractivity contribution in [2.24, 2.45) is 0 Å². The van der Waals surface area contributed by atoms with E-state index in [-0.39, 0.29) is 12.2 Å². The van der Waals surface area contributed by atoms with Crippen molar-refractivity contribution in [3.63, 3.8) is 0 Å². The SMILES string of the molecule is COC(=O)CC(=O)c1ccccc1Br. The summed E-state index contributed by atoms with van der Waals surface area (Å²) in [4.78, 5) is 22.4. The second-order valence-electron chi connectivity index (χ2n) is 2.66. The Bertz CT molecular complexity index is 360. The van der Waals surface area contributed by atoms with Crippen LogP contribution in [0.1, 0.15) is 16.8 Å². The summed E-state index contributed by atoms with van der Waals surface area (Å²) in [5.41, 5.74) is 0.498. The molecule has 0 aliphatic rings. The zero-order valence-corrected chi connectivity index (χ0v) is 9.21. The number of methoxy groups -OCH3 is 1. The Morgan fingerprint density at radius 2 is 2.00 bits per heavy atom. The van der Waals surface area contributed by atoms with E-state index >= 15 is 0 Å². The summed E-state index contributed by atoms with van der Waals surface area (Å²) >= 11 is 3.24. The van der Waals surface area contributed by atoms with Gasteiger partial charge in [-0.2, -0.15) is 0 Å². The van der Waals surface area contributed by atoms with E-state index in [1.54, 1.807) is 24.3 Å². The molecule has 0 N–H and O–H groups in total. The van der Waals surface area contributed by atoms with Crippen LogP contribution in [0.3, 0.4) is 0 Å². The summed E-state index contributed by atoms with van der Waals surface area (Å²) in [5, 5.41) is 0. The van der Waals surface area contributed by atoms with Crippen LogP contribution in [0, 0.1) is 0 Å². The van der Waals surface area contributed by atoms with Gasteiger partial charge in [-0.3, -0.25) is 9.59 Å². The third kappa shape index (κ3) is 2.67. The molecule has 3 nitrogen and oxygen atoms in total. The van der Waals surface area contributed by atoms with Crippen LogP contribution in [0.2, 0.25) is 0 Å². The van der Waals surface area contributed by atoms with Gasteiger partial charge in [0.2, 0.25) is 0 Å². The molecule has 0 spiro atoms. The average molecular weight is 257 g/mol. The molecule has 0 saturated heterocycles. The second kappa shape index (κ2) is 4.91. The molecule has 0 atom stereocenters. The van der Waals surface area contributed by atoms with E-state index in [4.69, 9.17) is 0 Å². The van der Waals surface area contributed by atoms with Gasteiger partial charge in [0.15, 0.2) is 5.78 Å². The quantitative estimate of drug-likeness (QED) is 0.473. The minimum absolute atomic E-state index is 0.223. The van der Waals surface area contributed by atoms with Crippen LogP contribution in [0.25, 0.3) is 0 Å². The molecule has 0 heterocycles. The molecule has 0 bridgehead atoms. The van der Waals surface area contributed by atoms with Crippen LogP contribution in [0.5, 0.6) is 0 Å². The molecule has 0 fully saturated rings. The Labute approximate surface area is 90.2 Å². The van der Waals surface area contributed by atoms with Gasteiger partial charge in [-0.15, -0.1) is 0 Å². The molecule has 0 aliphatic heterocycles. The molecule has 0 radical (unpaired) electrons. The van der Waals surface area contributed by atoms with Crippen molar-refractivity contribution in [1.82, 2.24) is 0 Å². The molecule has 14 heavy (non-hydrogen) atoms. The van der Waals surface area contributed by atoms with E-state index in [9.17, 15) is 9.59 Å². The lowest BCUT2D eigenvalue weighted by Gasteiger charge is -2.01. The Kier molecular flexibility index (Phi) is 3.83. The third-order valence-electron chi connectivity index (χ3n) is 1.71. The summed E-state index contributed by atoms with van der Waals surface area (Å²) in [6, 6.07) is 6.97. The van der Waals surface area contributed by atoms with Gasteiger partial charge in [0, 0.05) is 10.0 Å². The summed E-state index contributed by atoms with van der Waals surface area (Å²) < 4.78 is 5.10. The van der Waals surface area contributed by atoms with Crippen LogP contribution < -0.4 is 0 Å². The van der Waals surface area contributed by atoms with Crippen LogP contribution in [-0.4, -0.2) is 18.9 Å². The van der Waals surface area contributed by atoms with Crippen molar-refractivity contribution >= 4 is 27.7 Å². The van der Waals surface area contributed by atoms with Gasteiger partial charge in [0.05, 0.1) is 7.11 Å². The summed E-state index contributed by atoms with van der Waals surface area (Å²) in [5.74, 6) is -0.768. The standard InChI is InChI=1S/C10H9BrO3/c1-14-10(13)6-9(12)7-4-2-3-5-8(7)11/h2-5H,6H2,1H3. The normalized spacial score (nSPS) is 9.57. The molecule has 0 saturated carbocycles. The number of halogens is 1. The zero-order valence-electron chi connectivity index (χ0n) is 7.62. The van der Waals surface area contributed by atoms with Gasteiger partial charge in [-0.25, -0.2) is 0 Å². The Morgan fingerprint density at radius 1 is 1.36 bits per heavy atom. The van der Waals surface area contributed by atoms with Gasteiger partial charge in [-0.05, 0) is 6.07 Å². The highest BCUT2D eigenvalue weighted by molar-refractivity contribution is 9.10. The van der Waals surface area contributed by atoms with Crippen molar-refractivity contribution in [2.75, 3.05) is 7.11 Å². The van der Waals surface area contributed by atoms with Gasteiger partial charge < -0.3 is 4.74 Å². The first-order valence-electron chi connectivity index (χ1n) is 3.99. The van der Waals surface area contributed by atoms with Gasteiger partial charge in [0.25, 0.3) is 0 Å². The molecule has 0 aliphatic carbocycles. The first-order valence-corrected chi connectivity index (χ1v) is 4.79. The molecule has 4 heteroatoms. The van der Waals surface area contributed by atoms with Crippen molar-refractivity contribution in [2.45, 2.75) is 6.42 Å². The first kappa shape index (κ1) is 10.9. The minimum Gasteiger partial charge on any atom is -0.469 e. The van der Waals surface area contributed by atoms with E-state index in [0.717, 1.165) is 0 Å². The first-order chi connectivity index (χ1) is 6.65. The number of ether oxygens (including phenoxy) is 1. The number of hydrogen-bond acceptors (Lipinski definition) is 3. The maximum Gasteiger partial charge on any atom is 0.313 e. The fourth-order valence-electron chi connectivity index (χ4n) is 0.986. The van der Waals surface area contributed by atoms with Gasteiger partial charge >= 0.3 is 5.97 Å². The number of ketones is 1. The number of benzene rings is 1. The molecule has 1 aromatic carbocycles. The van der Waals surface area contributed by atoms with Crippen LogP contribution in [0.15, 0.2) is 28.7 Å². The lowest BCUT2D eigenvalue weighted by molar-refractivity contribution is -0.139. The fraction of sp³-hybridized carbons (Fsp3) is 0.200. The summed E-state index contributed by atoms with van der Waals surface area (Å²) in [7, 11) is 1.26. The number of carbonyl (C=O) groups is 2. The Morgan fingerprint density at radius 3 is 2.57 bits per heavy atom. The third-order valence-corrected chi connectivity index (χ3v) is 2.40. The zero-order chi connectivity index (χ0) is 10.6. The van der Waals surface area contributed by atoms with Crippen molar-refractivity contribution in [1.29, 1.82) is 0 Å². The Balaban J connectivity index is 2.80. The lowest BCUT2D eigenvalue weighted by atomic mass is 10.1.